The lowest BCUT2D eigenvalue weighted by atomic mass is 9.94. The number of hydrogen-bond donors (Lipinski definition) is 0. The fourth-order valence-electron chi connectivity index (χ4n) is 10.6. The minimum atomic E-state index is -2.27. The van der Waals surface area contributed by atoms with Crippen LogP contribution in [0.5, 0.6) is 5.75 Å². The number of rotatable bonds is 15. The van der Waals surface area contributed by atoms with Crippen LogP contribution in [0.15, 0.2) is 79.4 Å². The maximum absolute atomic E-state index is 15.0. The monoisotopic (exact) mass is 915 g/mol. The fourth-order valence-corrected chi connectivity index (χ4v) is 15.0. The van der Waals surface area contributed by atoms with Gasteiger partial charge in [0, 0.05) is 100 Å². The average Bonchev–Trinajstić information content (AvgIpc) is 4.18. The number of anilines is 3. The van der Waals surface area contributed by atoms with Gasteiger partial charge in [-0.25, -0.2) is 23.2 Å². The third-order valence-corrected chi connectivity index (χ3v) is 17.8. The average molecular weight is 916 g/mol. The van der Waals surface area contributed by atoms with Crippen molar-refractivity contribution in [2.24, 2.45) is 0 Å². The molecule has 0 spiro atoms. The number of ether oxygens (including phenoxy) is 3. The van der Waals surface area contributed by atoms with Crippen molar-refractivity contribution < 1.29 is 32.3 Å². The summed E-state index contributed by atoms with van der Waals surface area (Å²) in [5.74, 6) is -0.738. The highest BCUT2D eigenvalue weighted by atomic mass is 31.2. The van der Waals surface area contributed by atoms with Crippen molar-refractivity contribution >= 4 is 31.0 Å². The molecule has 0 aliphatic carbocycles. The van der Waals surface area contributed by atoms with Crippen molar-refractivity contribution in [3.05, 3.63) is 96.6 Å². The predicted octanol–water partition coefficient (Wildman–Crippen LogP) is 7.19. The number of urea groups is 1. The van der Waals surface area contributed by atoms with Gasteiger partial charge >= 0.3 is 14.0 Å². The van der Waals surface area contributed by atoms with E-state index in [1.165, 1.54) is 68.0 Å². The summed E-state index contributed by atoms with van der Waals surface area (Å²) in [7, 11) is -2.27. The van der Waals surface area contributed by atoms with E-state index in [-0.39, 0.29) is 43.6 Å². The molecule has 348 valence electrons. The first-order valence-electron chi connectivity index (χ1n) is 23.5. The molecule has 6 aliphatic heterocycles. The zero-order valence-corrected chi connectivity index (χ0v) is 38.5. The predicted molar refractivity (Wildman–Crippen MR) is 246 cm³/mol. The molecule has 0 saturated carbocycles. The first-order valence-corrected chi connectivity index (χ1v) is 25.1. The number of amides is 2. The minimum Gasteiger partial charge on any atom is -0.488 e. The molecule has 6 aliphatic rings. The summed E-state index contributed by atoms with van der Waals surface area (Å²) in [4.78, 5) is 27.0. The summed E-state index contributed by atoms with van der Waals surface area (Å²) >= 11 is 0. The van der Waals surface area contributed by atoms with Crippen molar-refractivity contribution in [3.8, 4) is 5.75 Å². The van der Waals surface area contributed by atoms with Crippen molar-refractivity contribution in [3.63, 3.8) is 0 Å². The Labute approximate surface area is 381 Å². The molecule has 1 unspecified atom stereocenters. The number of aromatic nitrogens is 3. The highest BCUT2D eigenvalue weighted by Gasteiger charge is 2.64. The van der Waals surface area contributed by atoms with Crippen LogP contribution in [0.25, 0.3) is 0 Å². The molecule has 15 nitrogen and oxygen atoms in total. The molecule has 1 aromatic heterocycles. The number of benzene rings is 3. The third-order valence-electron chi connectivity index (χ3n) is 13.8. The van der Waals surface area contributed by atoms with E-state index in [1.54, 1.807) is 0 Å². The maximum atomic E-state index is 15.0. The molecule has 6 saturated heterocycles. The van der Waals surface area contributed by atoms with Gasteiger partial charge in [-0.05, 0) is 107 Å². The van der Waals surface area contributed by atoms with Crippen LogP contribution in [-0.2, 0) is 26.1 Å². The zero-order valence-electron chi connectivity index (χ0n) is 37.6. The molecule has 10 rings (SSSR count). The second-order valence-corrected chi connectivity index (χ2v) is 21.2. The van der Waals surface area contributed by atoms with Crippen LogP contribution in [0, 0.1) is 11.6 Å². The van der Waals surface area contributed by atoms with Gasteiger partial charge in [-0.3, -0.25) is 9.80 Å². The third kappa shape index (κ3) is 8.93. The highest BCUT2D eigenvalue weighted by Crippen LogP contribution is 2.72. The molecule has 2 amide bonds. The lowest BCUT2D eigenvalue weighted by molar-refractivity contribution is -0.117. The Kier molecular flexibility index (Phi) is 13.0. The minimum absolute atomic E-state index is 0.0111. The molecule has 0 radical (unpaired) electrons. The molecular formula is C47H62F2N10O5P+. The Bertz CT molecular complexity index is 2180. The number of carbonyl (C=O) groups excluding carboxylic acids is 1. The van der Waals surface area contributed by atoms with Gasteiger partial charge in [0.2, 0.25) is 6.23 Å². The second-order valence-electron chi connectivity index (χ2n) is 18.3. The molecule has 65 heavy (non-hydrogen) atoms. The van der Waals surface area contributed by atoms with Gasteiger partial charge < -0.3 is 24.0 Å². The van der Waals surface area contributed by atoms with Gasteiger partial charge in [0.15, 0.2) is 6.29 Å². The van der Waals surface area contributed by atoms with E-state index >= 15 is 4.39 Å². The standard InChI is InChI=1S/C47H62F2N10O5P/c1-36(2)59-44(64-65(55-19-3-4-20-55,56-21-5-6-22-56)57-23-7-8-24-57)30-58(46(59)60)40-12-10-38(11-13-40)52-25-27-53(28-26-52)39-14-16-41(17-15-39)61-31-45-62-33-47(63-45,32-54-35-50-34-51-54)42-18-9-37(48)29-43(42)49/h9-18,29,34-36,44-45H,3-8,19-28,30-33H2,1-2H3/q+1/t44?,45-,47+/m0/s1. The van der Waals surface area contributed by atoms with Crippen molar-refractivity contribution in [2.75, 3.05) is 99.9 Å². The van der Waals surface area contributed by atoms with E-state index in [9.17, 15) is 9.18 Å². The molecule has 3 aromatic carbocycles. The molecule has 6 fully saturated rings. The topological polar surface area (TPSA) is 107 Å². The first kappa shape index (κ1) is 44.4. The first-order chi connectivity index (χ1) is 31.7. The molecule has 0 bridgehead atoms. The van der Waals surface area contributed by atoms with Crippen LogP contribution >= 0.6 is 7.94 Å². The van der Waals surface area contributed by atoms with E-state index in [0.717, 1.165) is 88.6 Å². The molecule has 18 heteroatoms. The van der Waals surface area contributed by atoms with E-state index in [0.29, 0.717) is 12.3 Å². The largest absolute Gasteiger partial charge is 0.488 e. The molecule has 4 aromatic rings. The summed E-state index contributed by atoms with van der Waals surface area (Å²) < 4.78 is 64.4. The lowest BCUT2D eigenvalue weighted by Gasteiger charge is -2.43. The van der Waals surface area contributed by atoms with E-state index in [4.69, 9.17) is 18.7 Å². The van der Waals surface area contributed by atoms with Crippen molar-refractivity contribution in [1.82, 2.24) is 33.7 Å². The lowest BCUT2D eigenvalue weighted by Crippen LogP contribution is -2.49. The molecule has 7 heterocycles. The van der Waals surface area contributed by atoms with Gasteiger partial charge in [-0.1, -0.05) is 6.07 Å². The SMILES string of the molecule is CC(C)N1C(=O)N(c2ccc(N3CCN(c4ccc(OC[C@H]5OC[C@](Cn6cncn6)(c6ccc(F)cc6F)O5)cc4)CC3)cc2)CC1O[P+](N1CCCC1)(N1CCCC1)N1CCCC1. The van der Waals surface area contributed by atoms with Crippen molar-refractivity contribution in [2.45, 2.75) is 83.1 Å². The summed E-state index contributed by atoms with van der Waals surface area (Å²) in [5, 5.41) is 4.16. The Morgan fingerprint density at radius 3 is 1.88 bits per heavy atom. The van der Waals surface area contributed by atoms with E-state index in [1.807, 2.05) is 21.9 Å². The van der Waals surface area contributed by atoms with Gasteiger partial charge in [-0.2, -0.15) is 9.62 Å². The normalized spacial score (nSPS) is 25.0. The Morgan fingerprint density at radius 1 is 0.769 bits per heavy atom. The molecular weight excluding hydrogens is 854 g/mol. The van der Waals surface area contributed by atoms with Gasteiger partial charge in [0.25, 0.3) is 0 Å². The van der Waals surface area contributed by atoms with Gasteiger partial charge in [0.1, 0.15) is 42.2 Å². The number of carbonyl (C=O) groups is 1. The van der Waals surface area contributed by atoms with Gasteiger partial charge in [0.05, 0.1) is 19.7 Å². The molecule has 3 atom stereocenters. The summed E-state index contributed by atoms with van der Waals surface area (Å²) in [5.41, 5.74) is 2.09. The quantitative estimate of drug-likeness (QED) is 0.113. The molecule has 0 N–H and O–H groups in total. The summed E-state index contributed by atoms with van der Waals surface area (Å²) in [6.07, 6.45) is 9.04. The number of piperazine rings is 1. The van der Waals surface area contributed by atoms with Crippen molar-refractivity contribution in [1.29, 1.82) is 0 Å². The van der Waals surface area contributed by atoms with Crippen LogP contribution in [0.1, 0.15) is 57.9 Å². The van der Waals surface area contributed by atoms with Crippen LogP contribution in [-0.4, -0.2) is 143 Å². The number of hydrogen-bond acceptors (Lipinski definition) is 12. The summed E-state index contributed by atoms with van der Waals surface area (Å²) in [6.45, 7) is 14.8. The Hall–Kier alpha value is -4.48. The Balaban J connectivity index is 0.745. The zero-order chi connectivity index (χ0) is 44.5. The van der Waals surface area contributed by atoms with Crippen LogP contribution < -0.4 is 19.4 Å². The second kappa shape index (κ2) is 19.0. The van der Waals surface area contributed by atoms with Gasteiger partial charge in [-0.15, -0.1) is 14.0 Å². The highest BCUT2D eigenvalue weighted by molar-refractivity contribution is 7.64. The fraction of sp³-hybridized carbons (Fsp3) is 0.553. The van der Waals surface area contributed by atoms with Crippen LogP contribution in [0.3, 0.4) is 0 Å². The maximum Gasteiger partial charge on any atom is 0.373 e. The Morgan fingerprint density at radius 2 is 1.34 bits per heavy atom. The van der Waals surface area contributed by atoms with E-state index in [2.05, 4.69) is 84.1 Å². The number of nitrogens with zero attached hydrogens (tertiary/aromatic N) is 10. The number of halogens is 2. The smallest absolute Gasteiger partial charge is 0.373 e. The van der Waals surface area contributed by atoms with Crippen LogP contribution in [0.2, 0.25) is 0 Å². The van der Waals surface area contributed by atoms with Crippen LogP contribution in [0.4, 0.5) is 30.6 Å². The summed E-state index contributed by atoms with van der Waals surface area (Å²) in [6, 6.07) is 19.9. The van der Waals surface area contributed by atoms with E-state index < -0.39 is 31.5 Å².